The van der Waals surface area contributed by atoms with Crippen LogP contribution >= 0.6 is 27.3 Å². The first kappa shape index (κ1) is 12.4. The molecule has 0 atom stereocenters. The Labute approximate surface area is 119 Å². The van der Waals surface area contributed by atoms with Crippen LogP contribution in [0.2, 0.25) is 0 Å². The molecule has 96 valence electrons. The van der Waals surface area contributed by atoms with Crippen LogP contribution in [-0.2, 0) is 6.42 Å². The van der Waals surface area contributed by atoms with Crippen molar-refractivity contribution in [1.29, 1.82) is 0 Å². The number of hydrogen-bond acceptors (Lipinski definition) is 3. The van der Waals surface area contributed by atoms with E-state index in [1.807, 2.05) is 6.20 Å². The van der Waals surface area contributed by atoms with E-state index >= 15 is 0 Å². The zero-order chi connectivity index (χ0) is 12.4. The van der Waals surface area contributed by atoms with Gasteiger partial charge in [0.2, 0.25) is 0 Å². The van der Waals surface area contributed by atoms with Crippen LogP contribution in [0, 0.1) is 5.92 Å². The molecule has 0 aromatic carbocycles. The number of rotatable bonds is 3. The summed E-state index contributed by atoms with van der Waals surface area (Å²) >= 11 is 5.23. The molecule has 3 rings (SSSR count). The fraction of sp³-hybridized carbons (Fsp3) is 0.462. The van der Waals surface area contributed by atoms with Crippen LogP contribution < -0.4 is 5.32 Å². The first-order chi connectivity index (χ1) is 8.81. The van der Waals surface area contributed by atoms with E-state index in [1.165, 1.54) is 17.7 Å². The molecule has 0 bridgehead atoms. The Hall–Kier alpha value is -0.650. The maximum atomic E-state index is 4.51. The Morgan fingerprint density at radius 2 is 2.17 bits per heavy atom. The molecule has 3 heterocycles. The molecule has 1 aliphatic rings. The van der Waals surface area contributed by atoms with Gasteiger partial charge < -0.3 is 10.3 Å². The van der Waals surface area contributed by atoms with Crippen molar-refractivity contribution in [2.75, 3.05) is 13.1 Å². The van der Waals surface area contributed by atoms with Gasteiger partial charge in [-0.05, 0) is 59.9 Å². The number of hydrogen-bond donors (Lipinski definition) is 2. The zero-order valence-electron chi connectivity index (χ0n) is 10.1. The molecule has 18 heavy (non-hydrogen) atoms. The number of aromatic amines is 1. The average molecular weight is 326 g/mol. The lowest BCUT2D eigenvalue weighted by atomic mass is 9.94. The van der Waals surface area contributed by atoms with Gasteiger partial charge in [0.05, 0.1) is 20.6 Å². The lowest BCUT2D eigenvalue weighted by Crippen LogP contribution is -2.28. The van der Waals surface area contributed by atoms with E-state index in [1.54, 1.807) is 11.3 Å². The number of aromatic nitrogens is 2. The Kier molecular flexibility index (Phi) is 3.82. The van der Waals surface area contributed by atoms with E-state index in [4.69, 9.17) is 0 Å². The van der Waals surface area contributed by atoms with Crippen molar-refractivity contribution < 1.29 is 0 Å². The summed E-state index contributed by atoms with van der Waals surface area (Å²) < 4.78 is 1.16. The molecule has 2 aromatic rings. The van der Waals surface area contributed by atoms with Gasteiger partial charge in [-0.1, -0.05) is 0 Å². The van der Waals surface area contributed by atoms with Crippen LogP contribution in [-0.4, -0.2) is 23.1 Å². The van der Waals surface area contributed by atoms with Gasteiger partial charge in [-0.25, -0.2) is 4.98 Å². The van der Waals surface area contributed by atoms with Crippen LogP contribution in [0.15, 0.2) is 22.1 Å². The molecular weight excluding hydrogens is 310 g/mol. The van der Waals surface area contributed by atoms with E-state index in [0.717, 1.165) is 40.7 Å². The van der Waals surface area contributed by atoms with E-state index < -0.39 is 0 Å². The molecular formula is C13H16BrN3S. The minimum atomic E-state index is 0.778. The van der Waals surface area contributed by atoms with Gasteiger partial charge in [-0.3, -0.25) is 0 Å². The first-order valence-corrected chi connectivity index (χ1v) is 7.92. The maximum Gasteiger partial charge on any atom is 0.106 e. The van der Waals surface area contributed by atoms with Crippen LogP contribution in [0.25, 0.3) is 10.6 Å². The number of imidazole rings is 1. The van der Waals surface area contributed by atoms with Crippen molar-refractivity contribution >= 4 is 27.3 Å². The second-order valence-corrected chi connectivity index (χ2v) is 7.21. The molecule has 1 fully saturated rings. The quantitative estimate of drug-likeness (QED) is 0.907. The van der Waals surface area contributed by atoms with Gasteiger partial charge in [0.15, 0.2) is 0 Å². The monoisotopic (exact) mass is 325 g/mol. The van der Waals surface area contributed by atoms with Crippen molar-refractivity contribution in [2.24, 2.45) is 5.92 Å². The minimum absolute atomic E-state index is 0.778. The lowest BCUT2D eigenvalue weighted by Gasteiger charge is -2.21. The van der Waals surface area contributed by atoms with Crippen molar-refractivity contribution in [1.82, 2.24) is 15.3 Å². The summed E-state index contributed by atoms with van der Waals surface area (Å²) in [5.41, 5.74) is 1.13. The predicted octanol–water partition coefficient (Wildman–Crippen LogP) is 3.44. The number of piperidine rings is 1. The standard InChI is InChI=1S/C13H16BrN3S/c14-12-2-1-11(18-12)10-8-16-13(17-10)7-9-3-5-15-6-4-9/h1-2,8-9,15H,3-7H2,(H,16,17). The van der Waals surface area contributed by atoms with Crippen LogP contribution in [0.1, 0.15) is 18.7 Å². The number of nitrogens with zero attached hydrogens (tertiary/aromatic N) is 1. The normalized spacial score (nSPS) is 17.2. The van der Waals surface area contributed by atoms with Crippen molar-refractivity contribution in [3.8, 4) is 10.6 Å². The molecule has 0 saturated carbocycles. The first-order valence-electron chi connectivity index (χ1n) is 6.31. The Balaban J connectivity index is 1.69. The molecule has 3 nitrogen and oxygen atoms in total. The van der Waals surface area contributed by atoms with Crippen LogP contribution in [0.3, 0.4) is 0 Å². The smallest absolute Gasteiger partial charge is 0.106 e. The third-order valence-corrected chi connectivity index (χ3v) is 5.06. The Morgan fingerprint density at radius 1 is 1.33 bits per heavy atom. The van der Waals surface area contributed by atoms with Crippen LogP contribution in [0.5, 0.6) is 0 Å². The minimum Gasteiger partial charge on any atom is -0.341 e. The summed E-state index contributed by atoms with van der Waals surface area (Å²) in [4.78, 5) is 9.20. The summed E-state index contributed by atoms with van der Waals surface area (Å²) in [5.74, 6) is 1.90. The highest BCUT2D eigenvalue weighted by molar-refractivity contribution is 9.11. The van der Waals surface area contributed by atoms with E-state index in [2.05, 4.69) is 43.3 Å². The molecule has 0 spiro atoms. The van der Waals surface area contributed by atoms with Gasteiger partial charge >= 0.3 is 0 Å². The van der Waals surface area contributed by atoms with Gasteiger partial charge in [0.25, 0.3) is 0 Å². The molecule has 0 aliphatic carbocycles. The van der Waals surface area contributed by atoms with Gasteiger partial charge in [-0.15, -0.1) is 11.3 Å². The fourth-order valence-corrected chi connectivity index (χ4v) is 3.76. The third-order valence-electron chi connectivity index (χ3n) is 3.41. The summed E-state index contributed by atoms with van der Waals surface area (Å²) in [6.45, 7) is 2.30. The van der Waals surface area contributed by atoms with Crippen molar-refractivity contribution in [3.05, 3.63) is 27.9 Å². The molecule has 5 heteroatoms. The highest BCUT2D eigenvalue weighted by atomic mass is 79.9. The summed E-state index contributed by atoms with van der Waals surface area (Å²) in [5, 5.41) is 3.40. The maximum absolute atomic E-state index is 4.51. The SMILES string of the molecule is Brc1ccc(-c2cnc(CC3CCNCC3)[nH]2)s1. The van der Waals surface area contributed by atoms with Gasteiger partial charge in [0.1, 0.15) is 5.82 Å². The van der Waals surface area contributed by atoms with Crippen LogP contribution in [0.4, 0.5) is 0 Å². The highest BCUT2D eigenvalue weighted by Crippen LogP contribution is 2.30. The van der Waals surface area contributed by atoms with E-state index in [-0.39, 0.29) is 0 Å². The molecule has 2 N–H and O–H groups in total. The summed E-state index contributed by atoms with van der Waals surface area (Å²) in [6.07, 6.45) is 5.56. The average Bonchev–Trinajstić information content (AvgIpc) is 2.99. The number of nitrogens with one attached hydrogen (secondary N) is 2. The van der Waals surface area contributed by atoms with Crippen molar-refractivity contribution in [3.63, 3.8) is 0 Å². The zero-order valence-corrected chi connectivity index (χ0v) is 12.5. The number of halogens is 1. The highest BCUT2D eigenvalue weighted by Gasteiger charge is 2.15. The molecule has 0 unspecified atom stereocenters. The van der Waals surface area contributed by atoms with Crippen molar-refractivity contribution in [2.45, 2.75) is 19.3 Å². The molecule has 2 aromatic heterocycles. The second kappa shape index (κ2) is 5.55. The summed E-state index contributed by atoms with van der Waals surface area (Å²) in [7, 11) is 0. The lowest BCUT2D eigenvalue weighted by molar-refractivity contribution is 0.368. The summed E-state index contributed by atoms with van der Waals surface area (Å²) in [6, 6.07) is 4.20. The predicted molar refractivity (Wildman–Crippen MR) is 78.9 cm³/mol. The number of H-pyrrole nitrogens is 1. The second-order valence-electron chi connectivity index (χ2n) is 4.74. The third kappa shape index (κ3) is 2.84. The Bertz CT molecular complexity index is 514. The molecule has 0 radical (unpaired) electrons. The largest absolute Gasteiger partial charge is 0.341 e. The van der Waals surface area contributed by atoms with Gasteiger partial charge in [0, 0.05) is 6.42 Å². The number of thiophene rings is 1. The Morgan fingerprint density at radius 3 is 2.89 bits per heavy atom. The molecule has 1 saturated heterocycles. The molecule has 1 aliphatic heterocycles. The molecule has 0 amide bonds. The van der Waals surface area contributed by atoms with E-state index in [0.29, 0.717) is 0 Å². The fourth-order valence-electron chi connectivity index (χ4n) is 2.41. The topological polar surface area (TPSA) is 40.7 Å². The van der Waals surface area contributed by atoms with Gasteiger partial charge in [-0.2, -0.15) is 0 Å². The van der Waals surface area contributed by atoms with E-state index in [9.17, 15) is 0 Å².